The van der Waals surface area contributed by atoms with E-state index in [0.29, 0.717) is 34.1 Å². The second kappa shape index (κ2) is 6.92. The Morgan fingerprint density at radius 3 is 2.63 bits per heavy atom. The van der Waals surface area contributed by atoms with Crippen LogP contribution in [0, 0.1) is 6.92 Å². The number of nitrogens with one attached hydrogen (secondary N) is 1. The van der Waals surface area contributed by atoms with E-state index in [2.05, 4.69) is 15.3 Å². The SMILES string of the molecule is COc1c(C)cccc1C(=O)Nc1ccc(-c2nc3ncccc3o2)cc1. The topological polar surface area (TPSA) is 77.2 Å². The van der Waals surface area contributed by atoms with Crippen LogP contribution >= 0.6 is 0 Å². The van der Waals surface area contributed by atoms with Crippen molar-refractivity contribution in [2.45, 2.75) is 6.92 Å². The number of benzene rings is 2. The van der Waals surface area contributed by atoms with Gasteiger partial charge in [-0.05, 0) is 55.0 Å². The molecule has 0 saturated carbocycles. The first-order valence-electron chi connectivity index (χ1n) is 8.42. The average Bonchev–Trinajstić information content (AvgIpc) is 3.12. The number of carbonyl (C=O) groups excluding carboxylic acids is 1. The molecule has 0 fully saturated rings. The van der Waals surface area contributed by atoms with Gasteiger partial charge in [0.1, 0.15) is 5.75 Å². The number of para-hydroxylation sites is 1. The summed E-state index contributed by atoms with van der Waals surface area (Å²) in [5, 5.41) is 2.88. The summed E-state index contributed by atoms with van der Waals surface area (Å²) in [6.07, 6.45) is 1.67. The molecule has 0 aliphatic heterocycles. The highest BCUT2D eigenvalue weighted by atomic mass is 16.5. The molecule has 0 aliphatic rings. The zero-order valence-electron chi connectivity index (χ0n) is 14.9. The quantitative estimate of drug-likeness (QED) is 0.582. The predicted molar refractivity (Wildman–Crippen MR) is 103 cm³/mol. The number of oxazole rings is 1. The first-order valence-corrected chi connectivity index (χ1v) is 8.42. The molecule has 1 amide bonds. The lowest BCUT2D eigenvalue weighted by atomic mass is 10.1. The van der Waals surface area contributed by atoms with Crippen molar-refractivity contribution in [1.29, 1.82) is 0 Å². The van der Waals surface area contributed by atoms with Gasteiger partial charge in [-0.3, -0.25) is 4.79 Å². The number of aryl methyl sites for hydroxylation is 1. The molecule has 0 aliphatic carbocycles. The Hall–Kier alpha value is -3.67. The van der Waals surface area contributed by atoms with Crippen LogP contribution in [0.25, 0.3) is 22.7 Å². The fourth-order valence-electron chi connectivity index (χ4n) is 2.89. The number of methoxy groups -OCH3 is 1. The highest BCUT2D eigenvalue weighted by Crippen LogP contribution is 2.26. The third-order valence-electron chi connectivity index (χ3n) is 4.22. The van der Waals surface area contributed by atoms with Crippen LogP contribution in [-0.2, 0) is 0 Å². The van der Waals surface area contributed by atoms with Crippen LogP contribution in [0.4, 0.5) is 5.69 Å². The molecule has 2 aromatic heterocycles. The zero-order chi connectivity index (χ0) is 18.8. The lowest BCUT2D eigenvalue weighted by Gasteiger charge is -2.11. The Bertz CT molecular complexity index is 1080. The van der Waals surface area contributed by atoms with Crippen LogP contribution in [0.5, 0.6) is 5.75 Å². The third kappa shape index (κ3) is 3.25. The fourth-order valence-corrected chi connectivity index (χ4v) is 2.89. The molecule has 2 aromatic carbocycles. The number of pyridine rings is 1. The molecule has 0 spiro atoms. The summed E-state index contributed by atoms with van der Waals surface area (Å²) >= 11 is 0. The Morgan fingerprint density at radius 2 is 1.89 bits per heavy atom. The molecule has 4 aromatic rings. The first-order chi connectivity index (χ1) is 13.2. The van der Waals surface area contributed by atoms with Crippen LogP contribution in [-0.4, -0.2) is 23.0 Å². The second-order valence-electron chi connectivity index (χ2n) is 6.03. The summed E-state index contributed by atoms with van der Waals surface area (Å²) in [5.74, 6) is 0.835. The minimum absolute atomic E-state index is 0.227. The number of carbonyl (C=O) groups is 1. The van der Waals surface area contributed by atoms with Gasteiger partial charge in [0.15, 0.2) is 11.2 Å². The molecule has 27 heavy (non-hydrogen) atoms. The first kappa shape index (κ1) is 16.8. The highest BCUT2D eigenvalue weighted by Gasteiger charge is 2.14. The summed E-state index contributed by atoms with van der Waals surface area (Å²) < 4.78 is 11.1. The van der Waals surface area contributed by atoms with Gasteiger partial charge < -0.3 is 14.5 Å². The Morgan fingerprint density at radius 1 is 1.07 bits per heavy atom. The van der Waals surface area contributed by atoms with Gasteiger partial charge in [-0.2, -0.15) is 4.98 Å². The van der Waals surface area contributed by atoms with E-state index in [4.69, 9.17) is 9.15 Å². The molecule has 0 bridgehead atoms. The molecule has 0 radical (unpaired) electrons. The molecule has 6 heteroatoms. The minimum Gasteiger partial charge on any atom is -0.496 e. The number of hydrogen-bond acceptors (Lipinski definition) is 5. The monoisotopic (exact) mass is 359 g/mol. The van der Waals surface area contributed by atoms with Gasteiger partial charge >= 0.3 is 0 Å². The van der Waals surface area contributed by atoms with Crippen LogP contribution in [0.3, 0.4) is 0 Å². The van der Waals surface area contributed by atoms with Crippen LogP contribution in [0.1, 0.15) is 15.9 Å². The Kier molecular flexibility index (Phi) is 4.30. The number of fused-ring (bicyclic) bond motifs is 1. The molecule has 0 unspecified atom stereocenters. The lowest BCUT2D eigenvalue weighted by molar-refractivity contribution is 0.102. The summed E-state index contributed by atoms with van der Waals surface area (Å²) in [6, 6.07) is 16.4. The van der Waals surface area contributed by atoms with E-state index >= 15 is 0 Å². The molecule has 1 N–H and O–H groups in total. The number of aromatic nitrogens is 2. The van der Waals surface area contributed by atoms with Crippen molar-refractivity contribution in [3.8, 4) is 17.2 Å². The molecule has 0 atom stereocenters. The maximum atomic E-state index is 12.6. The molecular formula is C21H17N3O3. The Labute approximate surface area is 155 Å². The largest absolute Gasteiger partial charge is 0.496 e. The fraction of sp³-hybridized carbons (Fsp3) is 0.0952. The van der Waals surface area contributed by atoms with Gasteiger partial charge in [0.2, 0.25) is 5.89 Å². The van der Waals surface area contributed by atoms with Gasteiger partial charge in [-0.1, -0.05) is 12.1 Å². The number of nitrogens with zero attached hydrogens (tertiary/aromatic N) is 2. The van der Waals surface area contributed by atoms with Crippen molar-refractivity contribution >= 4 is 22.8 Å². The average molecular weight is 359 g/mol. The van der Waals surface area contributed by atoms with Gasteiger partial charge in [-0.15, -0.1) is 0 Å². The van der Waals surface area contributed by atoms with Crippen LogP contribution in [0.15, 0.2) is 65.2 Å². The van der Waals surface area contributed by atoms with Crippen molar-refractivity contribution < 1.29 is 13.9 Å². The smallest absolute Gasteiger partial charge is 0.259 e. The van der Waals surface area contributed by atoms with Crippen molar-refractivity contribution in [2.24, 2.45) is 0 Å². The number of hydrogen-bond donors (Lipinski definition) is 1. The van der Waals surface area contributed by atoms with E-state index in [1.54, 1.807) is 37.6 Å². The Balaban J connectivity index is 1.56. The predicted octanol–water partition coefficient (Wildman–Crippen LogP) is 4.46. The molecule has 4 rings (SSSR count). The van der Waals surface area contributed by atoms with Gasteiger partial charge in [-0.25, -0.2) is 4.98 Å². The maximum absolute atomic E-state index is 12.6. The lowest BCUT2D eigenvalue weighted by Crippen LogP contribution is -2.13. The number of anilines is 1. The summed E-state index contributed by atoms with van der Waals surface area (Å²) in [7, 11) is 1.56. The van der Waals surface area contributed by atoms with E-state index < -0.39 is 0 Å². The van der Waals surface area contributed by atoms with Crippen molar-refractivity contribution in [2.75, 3.05) is 12.4 Å². The zero-order valence-corrected chi connectivity index (χ0v) is 14.9. The van der Waals surface area contributed by atoms with Crippen molar-refractivity contribution in [1.82, 2.24) is 9.97 Å². The van der Waals surface area contributed by atoms with Gasteiger partial charge in [0.05, 0.1) is 12.7 Å². The number of ether oxygens (including phenoxy) is 1. The van der Waals surface area contributed by atoms with Crippen molar-refractivity contribution in [3.05, 3.63) is 71.9 Å². The molecule has 6 nitrogen and oxygen atoms in total. The van der Waals surface area contributed by atoms with Gasteiger partial charge in [0, 0.05) is 17.4 Å². The second-order valence-corrected chi connectivity index (χ2v) is 6.03. The molecule has 134 valence electrons. The number of rotatable bonds is 4. The van der Waals surface area contributed by atoms with E-state index in [1.807, 2.05) is 37.3 Å². The van der Waals surface area contributed by atoms with Crippen molar-refractivity contribution in [3.63, 3.8) is 0 Å². The summed E-state index contributed by atoms with van der Waals surface area (Å²) in [5.41, 5.74) is 4.07. The van der Waals surface area contributed by atoms with Crippen LogP contribution in [0.2, 0.25) is 0 Å². The van der Waals surface area contributed by atoms with E-state index in [-0.39, 0.29) is 5.91 Å². The highest BCUT2D eigenvalue weighted by molar-refractivity contribution is 6.06. The number of amides is 1. The standard InChI is InChI=1S/C21H17N3O3/c1-13-5-3-6-16(18(13)26-2)20(25)23-15-10-8-14(9-11-15)21-24-19-17(27-21)7-4-12-22-19/h3-12H,1-2H3,(H,23,25). The van der Waals surface area contributed by atoms with E-state index in [9.17, 15) is 4.79 Å². The van der Waals surface area contributed by atoms with E-state index in [1.165, 1.54) is 0 Å². The van der Waals surface area contributed by atoms with Crippen LogP contribution < -0.4 is 10.1 Å². The third-order valence-corrected chi connectivity index (χ3v) is 4.22. The maximum Gasteiger partial charge on any atom is 0.259 e. The molecular weight excluding hydrogens is 342 g/mol. The molecule has 0 saturated heterocycles. The van der Waals surface area contributed by atoms with E-state index in [0.717, 1.165) is 11.1 Å². The summed E-state index contributed by atoms with van der Waals surface area (Å²) in [4.78, 5) is 21.1. The van der Waals surface area contributed by atoms with Gasteiger partial charge in [0.25, 0.3) is 5.91 Å². The normalized spacial score (nSPS) is 10.7. The molecule has 2 heterocycles. The minimum atomic E-state index is -0.227. The summed E-state index contributed by atoms with van der Waals surface area (Å²) in [6.45, 7) is 1.90.